The Balaban J connectivity index is 1.41. The van der Waals surface area contributed by atoms with E-state index in [0.29, 0.717) is 11.7 Å². The van der Waals surface area contributed by atoms with Crippen LogP contribution in [0, 0.1) is 13.8 Å². The van der Waals surface area contributed by atoms with Gasteiger partial charge in [-0.25, -0.2) is 4.68 Å². The van der Waals surface area contributed by atoms with E-state index in [9.17, 15) is 4.79 Å². The number of rotatable bonds is 3. The molecule has 154 valence electrons. The molecule has 6 heteroatoms. The second kappa shape index (κ2) is 7.58. The Hall–Kier alpha value is -2.18. The van der Waals surface area contributed by atoms with Gasteiger partial charge in [0.2, 0.25) is 0 Å². The molecule has 0 bridgehead atoms. The molecule has 6 nitrogen and oxygen atoms in total. The summed E-state index contributed by atoms with van der Waals surface area (Å²) in [5, 5.41) is 8.29. The molecule has 1 atom stereocenters. The van der Waals surface area contributed by atoms with Gasteiger partial charge >= 0.3 is 0 Å². The molecule has 2 aliphatic heterocycles. The lowest BCUT2D eigenvalue weighted by atomic mass is 10.1. The number of nitrogens with zero attached hydrogens (tertiary/aromatic N) is 4. The molecule has 1 N–H and O–H groups in total. The molecule has 0 saturated carbocycles. The number of carbonyl (C=O) groups is 1. The Kier molecular flexibility index (Phi) is 4.92. The smallest absolute Gasteiger partial charge is 0.274 e. The molecule has 29 heavy (non-hydrogen) atoms. The summed E-state index contributed by atoms with van der Waals surface area (Å²) in [7, 11) is 0. The van der Waals surface area contributed by atoms with Crippen molar-refractivity contribution < 1.29 is 4.79 Å². The van der Waals surface area contributed by atoms with Crippen LogP contribution in [0.15, 0.2) is 18.2 Å². The van der Waals surface area contributed by atoms with Crippen LogP contribution in [-0.4, -0.2) is 70.8 Å². The number of hydrogen-bond donors (Lipinski definition) is 1. The summed E-state index contributed by atoms with van der Waals surface area (Å²) in [5.41, 5.74) is 6.67. The highest BCUT2D eigenvalue weighted by Crippen LogP contribution is 2.30. The zero-order chi connectivity index (χ0) is 20.0. The first kappa shape index (κ1) is 18.8. The Morgan fingerprint density at radius 2 is 1.97 bits per heavy atom. The van der Waals surface area contributed by atoms with E-state index in [2.05, 4.69) is 42.3 Å². The molecule has 5 rings (SSSR count). The van der Waals surface area contributed by atoms with Crippen molar-refractivity contribution in [2.75, 3.05) is 39.3 Å². The van der Waals surface area contributed by atoms with Crippen LogP contribution >= 0.6 is 0 Å². The van der Waals surface area contributed by atoms with Crippen LogP contribution in [0.3, 0.4) is 0 Å². The van der Waals surface area contributed by atoms with Crippen molar-refractivity contribution in [2.24, 2.45) is 0 Å². The SMILES string of the molecule is Cc1ccc(-n2nc(C(=O)N3CCC(N4CCNCC4)C3)c3c2CCC3)c(C)c1. The predicted octanol–water partition coefficient (Wildman–Crippen LogP) is 2.10. The highest BCUT2D eigenvalue weighted by Gasteiger charge is 2.35. The van der Waals surface area contributed by atoms with Gasteiger partial charge in [0.15, 0.2) is 5.69 Å². The highest BCUT2D eigenvalue weighted by molar-refractivity contribution is 5.94. The molecule has 1 aliphatic carbocycles. The van der Waals surface area contributed by atoms with E-state index in [0.717, 1.165) is 70.6 Å². The van der Waals surface area contributed by atoms with E-state index >= 15 is 0 Å². The van der Waals surface area contributed by atoms with Gasteiger partial charge in [0.05, 0.1) is 5.69 Å². The van der Waals surface area contributed by atoms with Crippen molar-refractivity contribution in [1.82, 2.24) is 24.9 Å². The van der Waals surface area contributed by atoms with E-state index in [1.165, 1.54) is 22.4 Å². The van der Waals surface area contributed by atoms with Crippen LogP contribution in [0.4, 0.5) is 0 Å². The third-order valence-electron chi connectivity index (χ3n) is 6.83. The number of benzene rings is 1. The van der Waals surface area contributed by atoms with Crippen LogP contribution in [0.1, 0.15) is 45.7 Å². The van der Waals surface area contributed by atoms with Crippen molar-refractivity contribution in [3.63, 3.8) is 0 Å². The predicted molar refractivity (Wildman–Crippen MR) is 114 cm³/mol. The van der Waals surface area contributed by atoms with Gasteiger partial charge in [-0.15, -0.1) is 0 Å². The Labute approximate surface area is 172 Å². The Morgan fingerprint density at radius 1 is 1.14 bits per heavy atom. The molecular formula is C23H31N5O. The zero-order valence-corrected chi connectivity index (χ0v) is 17.6. The second-order valence-electron chi connectivity index (χ2n) is 8.81. The number of fused-ring (bicyclic) bond motifs is 1. The van der Waals surface area contributed by atoms with Gasteiger partial charge in [-0.05, 0) is 51.2 Å². The monoisotopic (exact) mass is 393 g/mol. The van der Waals surface area contributed by atoms with Crippen LogP contribution in [-0.2, 0) is 12.8 Å². The first-order chi connectivity index (χ1) is 14.1. The van der Waals surface area contributed by atoms with Crippen molar-refractivity contribution >= 4 is 5.91 Å². The summed E-state index contributed by atoms with van der Waals surface area (Å²) >= 11 is 0. The van der Waals surface area contributed by atoms with Gasteiger partial charge in [0.1, 0.15) is 0 Å². The molecule has 1 aromatic heterocycles. The standard InChI is InChI=1S/C23H31N5O/c1-16-6-7-20(17(2)14-16)28-21-5-3-4-19(21)22(25-28)23(29)27-11-8-18(15-27)26-12-9-24-10-13-26/h6-7,14,18,24H,3-5,8-13,15H2,1-2H3. The van der Waals surface area contributed by atoms with E-state index in [-0.39, 0.29) is 5.91 Å². The van der Waals surface area contributed by atoms with Gasteiger partial charge in [-0.2, -0.15) is 5.10 Å². The maximum atomic E-state index is 13.4. The summed E-state index contributed by atoms with van der Waals surface area (Å²) in [5.74, 6) is 0.129. The number of hydrogen-bond acceptors (Lipinski definition) is 4. The zero-order valence-electron chi connectivity index (χ0n) is 17.6. The molecule has 1 amide bonds. The van der Waals surface area contributed by atoms with Crippen LogP contribution in [0.2, 0.25) is 0 Å². The summed E-state index contributed by atoms with van der Waals surface area (Å²) in [6.45, 7) is 10.2. The van der Waals surface area contributed by atoms with Crippen molar-refractivity contribution in [3.8, 4) is 5.69 Å². The molecule has 1 aromatic carbocycles. The van der Waals surface area contributed by atoms with Gasteiger partial charge < -0.3 is 10.2 Å². The lowest BCUT2D eigenvalue weighted by Crippen LogP contribution is -2.49. The lowest BCUT2D eigenvalue weighted by molar-refractivity contribution is 0.0766. The third kappa shape index (κ3) is 3.38. The van der Waals surface area contributed by atoms with Crippen molar-refractivity contribution in [2.45, 2.75) is 45.6 Å². The number of aromatic nitrogens is 2. The average Bonchev–Trinajstić information content (AvgIpc) is 3.45. The normalized spacial score (nSPS) is 22.3. The minimum Gasteiger partial charge on any atom is -0.336 e. The minimum absolute atomic E-state index is 0.129. The van der Waals surface area contributed by atoms with E-state index in [4.69, 9.17) is 5.10 Å². The molecular weight excluding hydrogens is 362 g/mol. The summed E-state index contributed by atoms with van der Waals surface area (Å²) in [6.07, 6.45) is 4.16. The van der Waals surface area contributed by atoms with Crippen LogP contribution in [0.5, 0.6) is 0 Å². The summed E-state index contributed by atoms with van der Waals surface area (Å²) < 4.78 is 2.05. The van der Waals surface area contributed by atoms with E-state index in [1.54, 1.807) is 0 Å². The molecule has 3 aliphatic rings. The number of carbonyl (C=O) groups excluding carboxylic acids is 1. The topological polar surface area (TPSA) is 53.4 Å². The molecule has 3 heterocycles. The number of likely N-dealkylation sites (tertiary alicyclic amines) is 1. The molecule has 2 saturated heterocycles. The first-order valence-corrected chi connectivity index (χ1v) is 11.0. The van der Waals surface area contributed by atoms with Crippen molar-refractivity contribution in [1.29, 1.82) is 0 Å². The maximum Gasteiger partial charge on any atom is 0.274 e. The lowest BCUT2D eigenvalue weighted by Gasteiger charge is -2.32. The molecule has 1 unspecified atom stereocenters. The molecule has 0 spiro atoms. The van der Waals surface area contributed by atoms with Gasteiger partial charge in [-0.3, -0.25) is 9.69 Å². The quantitative estimate of drug-likeness (QED) is 0.868. The van der Waals surface area contributed by atoms with Gasteiger partial charge in [-0.1, -0.05) is 17.7 Å². The average molecular weight is 394 g/mol. The molecule has 0 radical (unpaired) electrons. The second-order valence-corrected chi connectivity index (χ2v) is 8.81. The van der Waals surface area contributed by atoms with Gasteiger partial charge in [0, 0.05) is 56.6 Å². The van der Waals surface area contributed by atoms with Gasteiger partial charge in [0.25, 0.3) is 5.91 Å². The maximum absolute atomic E-state index is 13.4. The van der Waals surface area contributed by atoms with Crippen molar-refractivity contribution in [3.05, 3.63) is 46.3 Å². The first-order valence-electron chi connectivity index (χ1n) is 11.0. The summed E-state index contributed by atoms with van der Waals surface area (Å²) in [4.78, 5) is 18.0. The fourth-order valence-corrected chi connectivity index (χ4v) is 5.27. The minimum atomic E-state index is 0.129. The summed E-state index contributed by atoms with van der Waals surface area (Å²) in [6, 6.07) is 6.96. The highest BCUT2D eigenvalue weighted by atomic mass is 16.2. The fraction of sp³-hybridized carbons (Fsp3) is 0.565. The molecule has 2 aromatic rings. The third-order valence-corrected chi connectivity index (χ3v) is 6.83. The number of nitrogens with one attached hydrogen (secondary N) is 1. The van der Waals surface area contributed by atoms with Crippen LogP contribution in [0.25, 0.3) is 5.69 Å². The number of amides is 1. The molecule has 2 fully saturated rings. The Bertz CT molecular complexity index is 928. The largest absolute Gasteiger partial charge is 0.336 e. The van der Waals surface area contributed by atoms with E-state index in [1.807, 2.05) is 9.58 Å². The van der Waals surface area contributed by atoms with E-state index < -0.39 is 0 Å². The number of aryl methyl sites for hydroxylation is 2. The fourth-order valence-electron chi connectivity index (χ4n) is 5.27. The Morgan fingerprint density at radius 3 is 2.76 bits per heavy atom. The van der Waals surface area contributed by atoms with Crippen LogP contribution < -0.4 is 5.32 Å². The number of piperazine rings is 1.